The van der Waals surface area contributed by atoms with Gasteiger partial charge in [-0.1, -0.05) is 29.8 Å². The second kappa shape index (κ2) is 7.41. The predicted molar refractivity (Wildman–Crippen MR) is 113 cm³/mol. The summed E-state index contributed by atoms with van der Waals surface area (Å²) in [6.45, 7) is 4.70. The Bertz CT molecular complexity index is 968. The molecule has 1 saturated heterocycles. The van der Waals surface area contributed by atoms with E-state index in [0.29, 0.717) is 27.4 Å². The highest BCUT2D eigenvalue weighted by Crippen LogP contribution is 2.39. The van der Waals surface area contributed by atoms with Gasteiger partial charge in [-0.05, 0) is 67.1 Å². The van der Waals surface area contributed by atoms with Crippen molar-refractivity contribution in [1.82, 2.24) is 0 Å². The number of para-hydroxylation sites is 1. The summed E-state index contributed by atoms with van der Waals surface area (Å²) >= 11 is 7.74. The number of nitrogens with zero attached hydrogens (tertiary/aromatic N) is 2. The van der Waals surface area contributed by atoms with Gasteiger partial charge in [0.2, 0.25) is 0 Å². The number of hydrogen-bond acceptors (Lipinski definition) is 4. The fourth-order valence-corrected chi connectivity index (χ4v) is 4.40. The molecule has 0 aromatic heterocycles. The number of thioether (sulfide) groups is 1. The number of hydrogen-bond donors (Lipinski definition) is 0. The number of carbonyl (C=O) groups is 1. The first-order valence-electron chi connectivity index (χ1n) is 8.85. The number of amides is 1. The van der Waals surface area contributed by atoms with Gasteiger partial charge >= 0.3 is 0 Å². The Labute approximate surface area is 167 Å². The fraction of sp³-hybridized carbons (Fsp3) is 0.238. The SMILES string of the molecule is CC(C)N=C1S/C(=C\c2ccc3c(c2)CCO3)C(=O)N1c1ccccc1Cl. The van der Waals surface area contributed by atoms with Crippen LogP contribution in [-0.4, -0.2) is 23.7 Å². The van der Waals surface area contributed by atoms with E-state index >= 15 is 0 Å². The van der Waals surface area contributed by atoms with Crippen LogP contribution >= 0.6 is 23.4 Å². The largest absolute Gasteiger partial charge is 0.493 e. The fourth-order valence-electron chi connectivity index (χ4n) is 3.07. The van der Waals surface area contributed by atoms with Crippen LogP contribution in [-0.2, 0) is 11.2 Å². The van der Waals surface area contributed by atoms with Crippen molar-refractivity contribution in [3.63, 3.8) is 0 Å². The Morgan fingerprint density at radius 3 is 2.85 bits per heavy atom. The molecule has 6 heteroatoms. The lowest BCUT2D eigenvalue weighted by molar-refractivity contribution is -0.113. The van der Waals surface area contributed by atoms with E-state index in [4.69, 9.17) is 16.3 Å². The Morgan fingerprint density at radius 2 is 2.07 bits per heavy atom. The highest BCUT2D eigenvalue weighted by molar-refractivity contribution is 8.19. The molecular weight excluding hydrogens is 380 g/mol. The number of fused-ring (bicyclic) bond motifs is 1. The molecule has 4 nitrogen and oxygen atoms in total. The van der Waals surface area contributed by atoms with Gasteiger partial charge in [-0.15, -0.1) is 0 Å². The summed E-state index contributed by atoms with van der Waals surface area (Å²) in [5.74, 6) is 0.826. The molecular formula is C21H19ClN2O2S. The zero-order valence-electron chi connectivity index (χ0n) is 15.1. The maximum absolute atomic E-state index is 13.2. The first kappa shape index (κ1) is 18.1. The number of benzene rings is 2. The molecule has 0 saturated carbocycles. The average Bonchev–Trinajstić information content (AvgIpc) is 3.20. The Hall–Kier alpha value is -2.24. The maximum Gasteiger partial charge on any atom is 0.271 e. The predicted octanol–water partition coefficient (Wildman–Crippen LogP) is 5.16. The van der Waals surface area contributed by atoms with E-state index in [9.17, 15) is 4.79 Å². The van der Waals surface area contributed by atoms with Crippen LogP contribution in [0.5, 0.6) is 5.75 Å². The summed E-state index contributed by atoms with van der Waals surface area (Å²) in [6, 6.07) is 13.4. The quantitative estimate of drug-likeness (QED) is 0.670. The van der Waals surface area contributed by atoms with Crippen molar-refractivity contribution in [1.29, 1.82) is 0 Å². The van der Waals surface area contributed by atoms with E-state index < -0.39 is 0 Å². The summed E-state index contributed by atoms with van der Waals surface area (Å²) in [7, 11) is 0. The molecule has 2 aliphatic heterocycles. The summed E-state index contributed by atoms with van der Waals surface area (Å²) in [5.41, 5.74) is 2.82. The number of anilines is 1. The summed E-state index contributed by atoms with van der Waals surface area (Å²) in [6.07, 6.45) is 2.82. The second-order valence-corrected chi connectivity index (χ2v) is 8.09. The van der Waals surface area contributed by atoms with E-state index in [-0.39, 0.29) is 11.9 Å². The van der Waals surface area contributed by atoms with Crippen LogP contribution in [0.15, 0.2) is 52.4 Å². The van der Waals surface area contributed by atoms with Crippen molar-refractivity contribution in [2.45, 2.75) is 26.3 Å². The zero-order valence-corrected chi connectivity index (χ0v) is 16.7. The Morgan fingerprint density at radius 1 is 1.26 bits per heavy atom. The van der Waals surface area contributed by atoms with Crippen LogP contribution < -0.4 is 9.64 Å². The van der Waals surface area contributed by atoms with E-state index in [1.165, 1.54) is 17.3 Å². The molecule has 0 aliphatic carbocycles. The molecule has 27 heavy (non-hydrogen) atoms. The third kappa shape index (κ3) is 3.62. The second-order valence-electron chi connectivity index (χ2n) is 6.67. The maximum atomic E-state index is 13.2. The third-order valence-electron chi connectivity index (χ3n) is 4.28. The van der Waals surface area contributed by atoms with Crippen molar-refractivity contribution in [3.05, 3.63) is 63.5 Å². The van der Waals surface area contributed by atoms with Gasteiger partial charge < -0.3 is 4.74 Å². The van der Waals surface area contributed by atoms with Crippen LogP contribution in [0.1, 0.15) is 25.0 Å². The number of halogens is 1. The van der Waals surface area contributed by atoms with E-state index in [1.54, 1.807) is 11.0 Å². The van der Waals surface area contributed by atoms with Crippen molar-refractivity contribution in [2.75, 3.05) is 11.5 Å². The Kier molecular flexibility index (Phi) is 4.98. The minimum atomic E-state index is -0.107. The zero-order chi connectivity index (χ0) is 19.0. The number of amidine groups is 1. The highest BCUT2D eigenvalue weighted by atomic mass is 35.5. The van der Waals surface area contributed by atoms with Gasteiger partial charge in [0.25, 0.3) is 5.91 Å². The minimum absolute atomic E-state index is 0.0711. The standard InChI is InChI=1S/C21H19ClN2O2S/c1-13(2)23-21-24(17-6-4-3-5-16(17)22)20(25)19(27-21)12-14-7-8-18-15(11-14)9-10-26-18/h3-8,11-13H,9-10H2,1-2H3/b19-12-,23-21?. The molecule has 2 heterocycles. The van der Waals surface area contributed by atoms with Gasteiger partial charge in [0, 0.05) is 12.5 Å². The molecule has 0 atom stereocenters. The lowest BCUT2D eigenvalue weighted by atomic mass is 10.1. The smallest absolute Gasteiger partial charge is 0.271 e. The molecule has 0 radical (unpaired) electrons. The first-order chi connectivity index (χ1) is 13.0. The topological polar surface area (TPSA) is 41.9 Å². The molecule has 2 aromatic rings. The van der Waals surface area contributed by atoms with Crippen molar-refractivity contribution >= 4 is 46.2 Å². The van der Waals surface area contributed by atoms with Crippen LogP contribution in [0.25, 0.3) is 6.08 Å². The number of aliphatic imine (C=N–C) groups is 1. The number of ether oxygens (including phenoxy) is 1. The van der Waals surface area contributed by atoms with Crippen molar-refractivity contribution in [2.24, 2.45) is 4.99 Å². The molecule has 0 spiro atoms. The average molecular weight is 399 g/mol. The normalized spacial score (nSPS) is 19.3. The molecule has 138 valence electrons. The minimum Gasteiger partial charge on any atom is -0.493 e. The molecule has 2 aromatic carbocycles. The molecule has 0 unspecified atom stereocenters. The van der Waals surface area contributed by atoms with Crippen molar-refractivity contribution in [3.8, 4) is 5.75 Å². The molecule has 0 N–H and O–H groups in total. The van der Waals surface area contributed by atoms with Gasteiger partial charge in [-0.25, -0.2) is 0 Å². The van der Waals surface area contributed by atoms with E-state index in [1.807, 2.05) is 50.3 Å². The highest BCUT2D eigenvalue weighted by Gasteiger charge is 2.35. The van der Waals surface area contributed by atoms with Gasteiger partial charge in [0.15, 0.2) is 5.17 Å². The molecule has 1 amide bonds. The molecule has 0 bridgehead atoms. The summed E-state index contributed by atoms with van der Waals surface area (Å²) in [5, 5.41) is 1.18. The van der Waals surface area contributed by atoms with Crippen LogP contribution in [0.4, 0.5) is 5.69 Å². The van der Waals surface area contributed by atoms with Crippen LogP contribution in [0.2, 0.25) is 5.02 Å². The van der Waals surface area contributed by atoms with Gasteiger partial charge in [-0.2, -0.15) is 0 Å². The van der Waals surface area contributed by atoms with E-state index in [2.05, 4.69) is 11.1 Å². The van der Waals surface area contributed by atoms with E-state index in [0.717, 1.165) is 17.7 Å². The monoisotopic (exact) mass is 398 g/mol. The summed E-state index contributed by atoms with van der Waals surface area (Å²) in [4.78, 5) is 20.0. The molecule has 2 aliphatic rings. The van der Waals surface area contributed by atoms with Crippen LogP contribution in [0.3, 0.4) is 0 Å². The lowest BCUT2D eigenvalue weighted by Gasteiger charge is -2.17. The summed E-state index contributed by atoms with van der Waals surface area (Å²) < 4.78 is 5.56. The van der Waals surface area contributed by atoms with Crippen LogP contribution in [0, 0.1) is 0 Å². The Balaban J connectivity index is 1.73. The van der Waals surface area contributed by atoms with Gasteiger partial charge in [0.1, 0.15) is 5.75 Å². The first-order valence-corrected chi connectivity index (χ1v) is 10.0. The molecule has 4 rings (SSSR count). The van der Waals surface area contributed by atoms with Gasteiger partial charge in [0.05, 0.1) is 22.2 Å². The van der Waals surface area contributed by atoms with Gasteiger partial charge in [-0.3, -0.25) is 14.7 Å². The third-order valence-corrected chi connectivity index (χ3v) is 5.58. The number of carbonyl (C=O) groups excluding carboxylic acids is 1. The lowest BCUT2D eigenvalue weighted by Crippen LogP contribution is -2.29. The molecule has 1 fully saturated rings. The number of rotatable bonds is 3. The van der Waals surface area contributed by atoms with Crippen molar-refractivity contribution < 1.29 is 9.53 Å².